The number of carbonyl (C=O) groups is 1. The lowest BCUT2D eigenvalue weighted by molar-refractivity contribution is 0.176. The Hall–Kier alpha value is -2.26. The summed E-state index contributed by atoms with van der Waals surface area (Å²) in [5.74, 6) is 0.697. The van der Waals surface area contributed by atoms with Crippen LogP contribution in [0.1, 0.15) is 44.1 Å². The van der Waals surface area contributed by atoms with Crippen molar-refractivity contribution in [1.29, 1.82) is 5.26 Å². The number of carboxylic acid groups (broad SMARTS) is 1. The number of benzene rings is 1. The summed E-state index contributed by atoms with van der Waals surface area (Å²) in [7, 11) is 0. The van der Waals surface area contributed by atoms with Gasteiger partial charge in [-0.1, -0.05) is 12.8 Å². The number of nitrogens with zero attached hydrogens (tertiary/aromatic N) is 2. The molecule has 2 bridgehead atoms. The second kappa shape index (κ2) is 7.16. The van der Waals surface area contributed by atoms with E-state index in [1.54, 1.807) is 0 Å². The highest BCUT2D eigenvalue weighted by molar-refractivity contribution is 5.65. The Morgan fingerprint density at radius 3 is 2.50 bits per heavy atom. The van der Waals surface area contributed by atoms with Gasteiger partial charge < -0.3 is 20.6 Å². The van der Waals surface area contributed by atoms with Crippen molar-refractivity contribution in [2.75, 3.05) is 11.4 Å². The molecule has 1 aromatic carbocycles. The zero-order chi connectivity index (χ0) is 18.1. The summed E-state index contributed by atoms with van der Waals surface area (Å²) in [5, 5.41) is 24.6. The highest BCUT2D eigenvalue weighted by atomic mass is 16.4. The molecule has 0 aromatic heterocycles. The Labute approximate surface area is 154 Å². The second-order valence-corrected chi connectivity index (χ2v) is 7.94. The Bertz CT molecular complexity index is 699. The second-order valence-electron chi connectivity index (χ2n) is 7.94. The van der Waals surface area contributed by atoms with E-state index in [0.717, 1.165) is 32.2 Å². The summed E-state index contributed by atoms with van der Waals surface area (Å²) < 4.78 is 0. The van der Waals surface area contributed by atoms with Crippen molar-refractivity contribution in [3.63, 3.8) is 0 Å². The van der Waals surface area contributed by atoms with Crippen LogP contribution in [0.25, 0.3) is 0 Å². The summed E-state index contributed by atoms with van der Waals surface area (Å²) in [6, 6.07) is 11.2. The number of anilines is 1. The van der Waals surface area contributed by atoms with Crippen LogP contribution in [-0.4, -0.2) is 41.9 Å². The number of hydrogen-bond donors (Lipinski definition) is 3. The third kappa shape index (κ3) is 3.36. The first-order valence-corrected chi connectivity index (χ1v) is 9.66. The largest absolute Gasteiger partial charge is 0.465 e. The van der Waals surface area contributed by atoms with Gasteiger partial charge in [0, 0.05) is 36.4 Å². The summed E-state index contributed by atoms with van der Waals surface area (Å²) in [6.45, 7) is 1.08. The van der Waals surface area contributed by atoms with Crippen LogP contribution in [0.15, 0.2) is 24.3 Å². The van der Waals surface area contributed by atoms with E-state index in [1.807, 2.05) is 24.3 Å². The predicted octanol–water partition coefficient (Wildman–Crippen LogP) is 2.69. The molecular weight excluding hydrogens is 328 g/mol. The summed E-state index contributed by atoms with van der Waals surface area (Å²) >= 11 is 0. The lowest BCUT2D eigenvalue weighted by atomic mass is 9.89. The predicted molar refractivity (Wildman–Crippen MR) is 99.1 cm³/mol. The topological polar surface area (TPSA) is 88.4 Å². The molecule has 0 spiro atoms. The van der Waals surface area contributed by atoms with Crippen LogP contribution in [0, 0.1) is 17.2 Å². The third-order valence-electron chi connectivity index (χ3n) is 6.31. The first kappa shape index (κ1) is 17.2. The van der Waals surface area contributed by atoms with Gasteiger partial charge in [0.2, 0.25) is 0 Å². The number of nitrogens with one attached hydrogen (secondary N) is 2. The molecule has 0 radical (unpaired) electrons. The zero-order valence-corrected chi connectivity index (χ0v) is 14.9. The fraction of sp³-hybridized carbons (Fsp3) is 0.600. The molecule has 26 heavy (non-hydrogen) atoms. The van der Waals surface area contributed by atoms with E-state index in [9.17, 15) is 4.79 Å². The first-order valence-electron chi connectivity index (χ1n) is 9.66. The van der Waals surface area contributed by atoms with Crippen molar-refractivity contribution in [2.45, 2.75) is 62.7 Å². The van der Waals surface area contributed by atoms with Crippen LogP contribution < -0.4 is 15.5 Å². The van der Waals surface area contributed by atoms with Crippen LogP contribution in [0.5, 0.6) is 0 Å². The van der Waals surface area contributed by atoms with Gasteiger partial charge in [0.25, 0.3) is 0 Å². The number of piperidine rings is 1. The molecule has 1 aromatic rings. The molecule has 6 nitrogen and oxygen atoms in total. The Morgan fingerprint density at radius 1 is 1.12 bits per heavy atom. The van der Waals surface area contributed by atoms with Gasteiger partial charge in [0.15, 0.2) is 0 Å². The molecule has 3 fully saturated rings. The lowest BCUT2D eigenvalue weighted by Crippen LogP contribution is -2.58. The van der Waals surface area contributed by atoms with Crippen molar-refractivity contribution < 1.29 is 9.90 Å². The normalized spacial score (nSPS) is 33.0. The van der Waals surface area contributed by atoms with Crippen LogP contribution in [-0.2, 0) is 0 Å². The van der Waals surface area contributed by atoms with E-state index in [2.05, 4.69) is 21.6 Å². The number of hydrogen-bond acceptors (Lipinski definition) is 4. The molecule has 1 aliphatic heterocycles. The number of nitriles is 1. The zero-order valence-electron chi connectivity index (χ0n) is 14.9. The maximum absolute atomic E-state index is 11.1. The van der Waals surface area contributed by atoms with E-state index in [4.69, 9.17) is 10.4 Å². The third-order valence-corrected chi connectivity index (χ3v) is 6.31. The molecule has 138 valence electrons. The summed E-state index contributed by atoms with van der Waals surface area (Å²) in [6.07, 6.45) is 5.66. The number of amides is 1. The first-order chi connectivity index (χ1) is 12.6. The van der Waals surface area contributed by atoms with E-state index in [0.29, 0.717) is 23.6 Å². The fourth-order valence-electron chi connectivity index (χ4n) is 5.17. The van der Waals surface area contributed by atoms with Gasteiger partial charge in [-0.2, -0.15) is 5.26 Å². The Morgan fingerprint density at radius 2 is 1.85 bits per heavy atom. The monoisotopic (exact) mass is 354 g/mol. The van der Waals surface area contributed by atoms with Crippen molar-refractivity contribution in [3.05, 3.63) is 29.8 Å². The quantitative estimate of drug-likeness (QED) is 0.774. The minimum absolute atomic E-state index is 0.0174. The van der Waals surface area contributed by atoms with Crippen molar-refractivity contribution >= 4 is 11.8 Å². The molecule has 0 unspecified atom stereocenters. The van der Waals surface area contributed by atoms with Gasteiger partial charge in [0.1, 0.15) is 0 Å². The average Bonchev–Trinajstić information content (AvgIpc) is 3.23. The Balaban J connectivity index is 1.44. The van der Waals surface area contributed by atoms with Gasteiger partial charge in [-0.3, -0.25) is 0 Å². The van der Waals surface area contributed by atoms with E-state index in [-0.39, 0.29) is 12.1 Å². The van der Waals surface area contributed by atoms with E-state index in [1.165, 1.54) is 18.5 Å². The molecule has 3 aliphatic rings. The van der Waals surface area contributed by atoms with Gasteiger partial charge in [-0.05, 0) is 55.9 Å². The molecule has 1 saturated heterocycles. The minimum Gasteiger partial charge on any atom is -0.465 e. The van der Waals surface area contributed by atoms with Crippen molar-refractivity contribution in [3.8, 4) is 6.07 Å². The van der Waals surface area contributed by atoms with Crippen LogP contribution >= 0.6 is 0 Å². The van der Waals surface area contributed by atoms with Gasteiger partial charge in [-0.25, -0.2) is 4.79 Å². The fourth-order valence-corrected chi connectivity index (χ4v) is 5.17. The van der Waals surface area contributed by atoms with Crippen molar-refractivity contribution in [1.82, 2.24) is 10.6 Å². The van der Waals surface area contributed by atoms with E-state index < -0.39 is 6.09 Å². The molecule has 2 aliphatic carbocycles. The molecule has 4 rings (SSSR count). The maximum atomic E-state index is 11.1. The average molecular weight is 354 g/mol. The van der Waals surface area contributed by atoms with Crippen LogP contribution in [0.3, 0.4) is 0 Å². The highest BCUT2D eigenvalue weighted by Gasteiger charge is 2.46. The minimum atomic E-state index is -0.921. The Kier molecular flexibility index (Phi) is 4.73. The molecular formula is C20H26N4O2. The number of rotatable bonds is 4. The summed E-state index contributed by atoms with van der Waals surface area (Å²) in [4.78, 5) is 13.6. The highest BCUT2D eigenvalue weighted by Crippen LogP contribution is 2.41. The standard InChI is InChI=1S/C20H26N4O2/c21-11-13-5-7-15(8-6-13)24-12-14-9-18(19(24)10-14)22-16-3-1-2-4-17(16)23-20(25)26/h5-8,14,16-19,22-23H,1-4,9-10,12H2,(H,25,26)/t14-,16-,17-,18+,19+/m1/s1. The van der Waals surface area contributed by atoms with Gasteiger partial charge in [-0.15, -0.1) is 0 Å². The number of fused-ring (bicyclic) bond motifs is 2. The van der Waals surface area contributed by atoms with Gasteiger partial charge in [0.05, 0.1) is 11.6 Å². The van der Waals surface area contributed by atoms with Crippen LogP contribution in [0.2, 0.25) is 0 Å². The van der Waals surface area contributed by atoms with Crippen molar-refractivity contribution in [2.24, 2.45) is 5.92 Å². The summed E-state index contributed by atoms with van der Waals surface area (Å²) in [5.41, 5.74) is 1.88. The molecule has 1 amide bonds. The molecule has 2 saturated carbocycles. The molecule has 3 N–H and O–H groups in total. The maximum Gasteiger partial charge on any atom is 0.404 e. The van der Waals surface area contributed by atoms with Gasteiger partial charge >= 0.3 is 6.09 Å². The van der Waals surface area contributed by atoms with E-state index >= 15 is 0 Å². The molecule has 5 atom stereocenters. The lowest BCUT2D eigenvalue weighted by Gasteiger charge is -2.40. The SMILES string of the molecule is N#Cc1ccc(N2C[C@@H]3C[C@H](N[C@@H]4CCCC[C@H]4NC(=O)O)[C@@H]2C3)cc1. The molecule has 1 heterocycles. The molecule has 6 heteroatoms. The smallest absolute Gasteiger partial charge is 0.404 e. The van der Waals surface area contributed by atoms with Crippen LogP contribution in [0.4, 0.5) is 10.5 Å².